The number of carboxylic acid groups (broad SMARTS) is 1. The second kappa shape index (κ2) is 7.07. The lowest BCUT2D eigenvalue weighted by Gasteiger charge is -2.08. The van der Waals surface area contributed by atoms with Gasteiger partial charge in [0, 0.05) is 43.7 Å². The molecule has 0 saturated heterocycles. The van der Waals surface area contributed by atoms with Crippen LogP contribution in [-0.2, 0) is 21.2 Å². The van der Waals surface area contributed by atoms with Crippen molar-refractivity contribution in [2.24, 2.45) is 0 Å². The van der Waals surface area contributed by atoms with Crippen molar-refractivity contribution in [2.45, 2.75) is 20.4 Å². The number of sulfone groups is 1. The second-order valence-corrected chi connectivity index (χ2v) is 8.75. The fraction of sp³-hybridized carbons (Fsp3) is 0.150. The molecule has 0 atom stereocenters. The monoisotopic (exact) mass is 421 g/mol. The summed E-state index contributed by atoms with van der Waals surface area (Å²) in [5, 5.41) is 11.1. The number of rotatable bonds is 5. The molecule has 2 aromatic rings. The molecular formula is C20H17ClFNO4S. The first kappa shape index (κ1) is 20.1. The highest BCUT2D eigenvalue weighted by Crippen LogP contribution is 2.43. The zero-order valence-corrected chi connectivity index (χ0v) is 16.7. The van der Waals surface area contributed by atoms with Gasteiger partial charge in [-0.25, -0.2) is 12.8 Å². The van der Waals surface area contributed by atoms with Crippen LogP contribution in [-0.4, -0.2) is 24.1 Å². The summed E-state index contributed by atoms with van der Waals surface area (Å²) in [5.74, 6) is -1.58. The molecule has 1 aliphatic rings. The molecule has 0 fully saturated rings. The van der Waals surface area contributed by atoms with E-state index in [0.717, 1.165) is 5.41 Å². The first-order valence-corrected chi connectivity index (χ1v) is 10.2. The Hall–Kier alpha value is -2.64. The van der Waals surface area contributed by atoms with E-state index < -0.39 is 21.6 Å². The summed E-state index contributed by atoms with van der Waals surface area (Å²) < 4.78 is 40.7. The van der Waals surface area contributed by atoms with E-state index >= 15 is 0 Å². The number of allylic oxidation sites excluding steroid dienone is 5. The Labute approximate surface area is 166 Å². The van der Waals surface area contributed by atoms with E-state index in [0.29, 0.717) is 38.3 Å². The number of fused-ring (bicyclic) bond motifs is 1. The molecule has 1 aromatic carbocycles. The number of benzene rings is 1. The van der Waals surface area contributed by atoms with Gasteiger partial charge in [-0.1, -0.05) is 18.2 Å². The van der Waals surface area contributed by atoms with E-state index in [-0.39, 0.29) is 11.4 Å². The van der Waals surface area contributed by atoms with Gasteiger partial charge in [0.1, 0.15) is 12.4 Å². The van der Waals surface area contributed by atoms with Crippen LogP contribution in [0.3, 0.4) is 0 Å². The van der Waals surface area contributed by atoms with E-state index in [1.165, 1.54) is 34.9 Å². The summed E-state index contributed by atoms with van der Waals surface area (Å²) in [6, 6.07) is 3.98. The Bertz CT molecular complexity index is 1230. The summed E-state index contributed by atoms with van der Waals surface area (Å²) in [5.41, 5.74) is 2.11. The van der Waals surface area contributed by atoms with Crippen molar-refractivity contribution >= 4 is 43.9 Å². The highest BCUT2D eigenvalue weighted by Gasteiger charge is 2.31. The zero-order valence-electron chi connectivity index (χ0n) is 15.2. The van der Waals surface area contributed by atoms with Crippen molar-refractivity contribution in [2.75, 3.05) is 0 Å². The number of hydrogen-bond acceptors (Lipinski definition) is 3. The van der Waals surface area contributed by atoms with Crippen LogP contribution in [0.4, 0.5) is 4.39 Å². The molecule has 28 heavy (non-hydrogen) atoms. The Morgan fingerprint density at radius 1 is 1.39 bits per heavy atom. The zero-order chi connectivity index (χ0) is 20.8. The molecule has 0 saturated carbocycles. The van der Waals surface area contributed by atoms with Crippen LogP contribution in [0.15, 0.2) is 57.8 Å². The Kier molecular flexibility index (Phi) is 5.08. The number of aromatic nitrogens is 1. The van der Waals surface area contributed by atoms with E-state index in [1.807, 2.05) is 0 Å². The molecule has 0 aliphatic carbocycles. The first-order valence-electron chi connectivity index (χ1n) is 8.25. The topological polar surface area (TPSA) is 76.4 Å². The number of halogens is 2. The van der Waals surface area contributed by atoms with Gasteiger partial charge in [-0.3, -0.25) is 4.79 Å². The van der Waals surface area contributed by atoms with E-state index in [4.69, 9.17) is 11.6 Å². The third kappa shape index (κ3) is 3.31. The Morgan fingerprint density at radius 3 is 2.64 bits per heavy atom. The number of hydrogen-bond donors (Lipinski definition) is 1. The standard InChI is InChI=1S/C20H17ClFNO4S/c1-4-18-14(7-11(2)21)16(10-28(18,26)27)20-12(3)23(9-19(24)25)17-6-5-13(22)8-15(17)20/h4-8,10H,1,9H2,2-3H3,(H,24,25)/b11-7+. The normalized spacial score (nSPS) is 16.6. The van der Waals surface area contributed by atoms with E-state index in [2.05, 4.69) is 6.58 Å². The molecule has 0 spiro atoms. The van der Waals surface area contributed by atoms with Crippen LogP contribution in [0.1, 0.15) is 18.2 Å². The lowest BCUT2D eigenvalue weighted by molar-refractivity contribution is -0.137. The minimum atomic E-state index is -3.76. The molecule has 2 heterocycles. The highest BCUT2D eigenvalue weighted by molar-refractivity contribution is 7.98. The average molecular weight is 422 g/mol. The molecule has 1 N–H and O–H groups in total. The predicted octanol–water partition coefficient (Wildman–Crippen LogP) is 4.53. The summed E-state index contributed by atoms with van der Waals surface area (Å²) in [7, 11) is -3.76. The molecule has 8 heteroatoms. The summed E-state index contributed by atoms with van der Waals surface area (Å²) in [6.45, 7) is 6.52. The molecule has 1 aromatic heterocycles. The van der Waals surface area contributed by atoms with Crippen LogP contribution < -0.4 is 0 Å². The summed E-state index contributed by atoms with van der Waals surface area (Å²) in [6.07, 6.45) is 2.74. The van der Waals surface area contributed by atoms with Crippen LogP contribution in [0.5, 0.6) is 0 Å². The largest absolute Gasteiger partial charge is 0.480 e. The van der Waals surface area contributed by atoms with Crippen molar-refractivity contribution in [1.82, 2.24) is 4.57 Å². The quantitative estimate of drug-likeness (QED) is 0.769. The third-order valence-electron chi connectivity index (χ3n) is 4.51. The Morgan fingerprint density at radius 2 is 2.07 bits per heavy atom. The number of carboxylic acids is 1. The molecule has 0 unspecified atom stereocenters. The van der Waals surface area contributed by atoms with Crippen molar-refractivity contribution in [3.05, 3.63) is 74.9 Å². The van der Waals surface area contributed by atoms with Crippen molar-refractivity contribution in [3.8, 4) is 0 Å². The first-order chi connectivity index (χ1) is 13.1. The van der Waals surface area contributed by atoms with Crippen LogP contribution in [0.2, 0.25) is 0 Å². The fourth-order valence-electron chi connectivity index (χ4n) is 3.47. The smallest absolute Gasteiger partial charge is 0.323 e. The molecule has 5 nitrogen and oxygen atoms in total. The maximum Gasteiger partial charge on any atom is 0.323 e. The number of nitrogens with zero attached hydrogens (tertiary/aromatic N) is 1. The molecular weight excluding hydrogens is 405 g/mol. The molecule has 0 amide bonds. The van der Waals surface area contributed by atoms with Gasteiger partial charge in [0.05, 0.1) is 4.91 Å². The van der Waals surface area contributed by atoms with Crippen molar-refractivity contribution in [3.63, 3.8) is 0 Å². The van der Waals surface area contributed by atoms with Gasteiger partial charge >= 0.3 is 5.97 Å². The summed E-state index contributed by atoms with van der Waals surface area (Å²) >= 11 is 6.01. The van der Waals surface area contributed by atoms with Gasteiger partial charge in [0.2, 0.25) is 9.84 Å². The maximum atomic E-state index is 14.0. The van der Waals surface area contributed by atoms with Gasteiger partial charge in [-0.05, 0) is 44.2 Å². The van der Waals surface area contributed by atoms with Crippen LogP contribution in [0, 0.1) is 12.7 Å². The van der Waals surface area contributed by atoms with Crippen LogP contribution >= 0.6 is 11.6 Å². The molecule has 1 aliphatic heterocycles. The lowest BCUT2D eigenvalue weighted by Crippen LogP contribution is -2.10. The molecule has 146 valence electrons. The molecule has 0 bridgehead atoms. The average Bonchev–Trinajstić information content (AvgIpc) is 2.97. The SMILES string of the molecule is C=CC1=C(/C=C(\C)Cl)C(c2c(C)n(CC(=O)O)c3ccc(F)cc23)=CS1(=O)=O. The maximum absolute atomic E-state index is 14.0. The van der Waals surface area contributed by atoms with Crippen molar-refractivity contribution in [1.29, 1.82) is 0 Å². The van der Waals surface area contributed by atoms with Gasteiger partial charge in [0.25, 0.3) is 0 Å². The minimum absolute atomic E-state index is 0.00237. The number of aliphatic carboxylic acids is 1. The second-order valence-electron chi connectivity index (χ2n) is 6.39. The van der Waals surface area contributed by atoms with Crippen molar-refractivity contribution < 1.29 is 22.7 Å². The third-order valence-corrected chi connectivity index (χ3v) is 6.17. The van der Waals surface area contributed by atoms with Gasteiger partial charge in [-0.2, -0.15) is 0 Å². The van der Waals surface area contributed by atoms with Gasteiger partial charge < -0.3 is 9.67 Å². The number of carbonyl (C=O) groups is 1. The predicted molar refractivity (Wildman–Crippen MR) is 108 cm³/mol. The molecule has 3 rings (SSSR count). The minimum Gasteiger partial charge on any atom is -0.480 e. The fourth-order valence-corrected chi connectivity index (χ4v) is 4.97. The van der Waals surface area contributed by atoms with E-state index in [9.17, 15) is 22.7 Å². The lowest BCUT2D eigenvalue weighted by atomic mass is 9.96. The van der Waals surface area contributed by atoms with E-state index in [1.54, 1.807) is 13.8 Å². The Balaban J connectivity index is 2.44. The highest BCUT2D eigenvalue weighted by atomic mass is 35.5. The van der Waals surface area contributed by atoms with Crippen LogP contribution in [0.25, 0.3) is 16.5 Å². The van der Waals surface area contributed by atoms with Gasteiger partial charge in [0.15, 0.2) is 0 Å². The van der Waals surface area contributed by atoms with Gasteiger partial charge in [-0.15, -0.1) is 0 Å². The summed E-state index contributed by atoms with van der Waals surface area (Å²) in [4.78, 5) is 11.3. The molecule has 0 radical (unpaired) electrons.